The molecule has 0 N–H and O–H groups in total. The van der Waals surface area contributed by atoms with Crippen LogP contribution in [0.2, 0.25) is 0 Å². The average molecular weight is 238 g/mol. The number of hydrogen-bond donors (Lipinski definition) is 0. The summed E-state index contributed by atoms with van der Waals surface area (Å²) in [4.78, 5) is 35.8. The first-order valence-corrected chi connectivity index (χ1v) is 5.27. The van der Waals surface area contributed by atoms with Gasteiger partial charge in [-0.15, -0.1) is 0 Å². The lowest BCUT2D eigenvalue weighted by Gasteiger charge is -2.06. The van der Waals surface area contributed by atoms with E-state index in [2.05, 4.69) is 0 Å². The number of aromatic nitrogens is 4. The zero-order chi connectivity index (χ0) is 12.9. The molecule has 2 heterocycles. The highest BCUT2D eigenvalue weighted by atomic mass is 16.2. The van der Waals surface area contributed by atoms with Gasteiger partial charge in [0.15, 0.2) is 11.2 Å². The quantitative estimate of drug-likeness (QED) is 0.623. The summed E-state index contributed by atoms with van der Waals surface area (Å²) < 4.78 is 5.00. The van der Waals surface area contributed by atoms with Crippen LogP contribution < -0.4 is 16.9 Å². The van der Waals surface area contributed by atoms with Gasteiger partial charge in [0.1, 0.15) is 0 Å². The van der Waals surface area contributed by atoms with Crippen LogP contribution in [0.25, 0.3) is 11.2 Å². The Morgan fingerprint density at radius 1 is 0.882 bits per heavy atom. The standard InChI is InChI=1S/C10H14N4O3/c1-5-14-8(15)6-7(13(4)10(14)17)12(3)9(16)11(6)2/h5H2,1-4H3. The second kappa shape index (κ2) is 3.47. The zero-order valence-electron chi connectivity index (χ0n) is 10.2. The number of fused-ring (bicyclic) bond motifs is 1. The molecule has 2 rings (SSSR count). The van der Waals surface area contributed by atoms with Crippen molar-refractivity contribution in [2.75, 3.05) is 0 Å². The van der Waals surface area contributed by atoms with Crippen molar-refractivity contribution in [2.45, 2.75) is 13.5 Å². The monoisotopic (exact) mass is 238 g/mol. The van der Waals surface area contributed by atoms with Gasteiger partial charge in [0, 0.05) is 27.7 Å². The average Bonchev–Trinajstić information content (AvgIpc) is 2.52. The van der Waals surface area contributed by atoms with Crippen molar-refractivity contribution in [1.82, 2.24) is 18.3 Å². The Labute approximate surface area is 96.1 Å². The molecule has 7 nitrogen and oxygen atoms in total. The molecule has 0 saturated heterocycles. The smallest absolute Gasteiger partial charge is 0.289 e. The van der Waals surface area contributed by atoms with Crippen LogP contribution in [0.1, 0.15) is 6.92 Å². The summed E-state index contributed by atoms with van der Waals surface area (Å²) in [6.07, 6.45) is 0. The summed E-state index contributed by atoms with van der Waals surface area (Å²) in [5.41, 5.74) is -0.559. The summed E-state index contributed by atoms with van der Waals surface area (Å²) in [5.74, 6) is 0. The molecule has 0 aliphatic rings. The minimum absolute atomic E-state index is 0.251. The fourth-order valence-corrected chi connectivity index (χ4v) is 2.11. The Morgan fingerprint density at radius 3 is 1.94 bits per heavy atom. The Balaban J connectivity index is 3.28. The van der Waals surface area contributed by atoms with Crippen molar-refractivity contribution < 1.29 is 0 Å². The maximum Gasteiger partial charge on any atom is 0.332 e. The fourth-order valence-electron chi connectivity index (χ4n) is 2.11. The van der Waals surface area contributed by atoms with Crippen LogP contribution in [-0.4, -0.2) is 18.3 Å². The highest BCUT2D eigenvalue weighted by Gasteiger charge is 2.17. The van der Waals surface area contributed by atoms with E-state index in [9.17, 15) is 14.4 Å². The molecule has 0 aliphatic carbocycles. The van der Waals surface area contributed by atoms with E-state index < -0.39 is 11.2 Å². The molecule has 0 atom stereocenters. The fraction of sp³-hybridized carbons (Fsp3) is 0.500. The van der Waals surface area contributed by atoms with Crippen LogP contribution in [0.3, 0.4) is 0 Å². The normalized spacial score (nSPS) is 11.3. The lowest BCUT2D eigenvalue weighted by atomic mass is 10.5. The number of nitrogens with zero attached hydrogens (tertiary/aromatic N) is 4. The predicted octanol–water partition coefficient (Wildman–Crippen LogP) is -1.24. The maximum atomic E-state index is 12.1. The molecule has 0 fully saturated rings. The first-order chi connectivity index (χ1) is 7.91. The van der Waals surface area contributed by atoms with Crippen LogP contribution in [-0.2, 0) is 27.7 Å². The molecule has 92 valence electrons. The molecule has 0 unspecified atom stereocenters. The van der Waals surface area contributed by atoms with E-state index in [1.54, 1.807) is 21.0 Å². The van der Waals surface area contributed by atoms with Gasteiger partial charge in [0.2, 0.25) is 0 Å². The molecule has 0 aliphatic heterocycles. The van der Waals surface area contributed by atoms with Crippen molar-refractivity contribution in [2.24, 2.45) is 21.1 Å². The van der Waals surface area contributed by atoms with Gasteiger partial charge in [-0.25, -0.2) is 9.59 Å². The highest BCUT2D eigenvalue weighted by Crippen LogP contribution is 2.02. The molecule has 0 bridgehead atoms. The van der Waals surface area contributed by atoms with Gasteiger partial charge in [-0.2, -0.15) is 0 Å². The third kappa shape index (κ3) is 1.25. The third-order valence-electron chi connectivity index (χ3n) is 3.04. The summed E-state index contributed by atoms with van der Waals surface area (Å²) in [7, 11) is 4.62. The molecule has 2 aromatic rings. The SMILES string of the molecule is CCn1c(=O)c2c(n(C)c1=O)n(C)c(=O)n2C. The zero-order valence-corrected chi connectivity index (χ0v) is 10.2. The molecular formula is C10H14N4O3. The van der Waals surface area contributed by atoms with Crippen LogP contribution in [0, 0.1) is 0 Å². The van der Waals surface area contributed by atoms with Gasteiger partial charge in [-0.1, -0.05) is 0 Å². The second-order valence-corrected chi connectivity index (χ2v) is 3.96. The van der Waals surface area contributed by atoms with Crippen molar-refractivity contribution in [1.29, 1.82) is 0 Å². The van der Waals surface area contributed by atoms with Crippen molar-refractivity contribution in [3.05, 3.63) is 31.3 Å². The topological polar surface area (TPSA) is 70.9 Å². The number of rotatable bonds is 1. The van der Waals surface area contributed by atoms with Gasteiger partial charge in [-0.05, 0) is 6.92 Å². The first-order valence-electron chi connectivity index (χ1n) is 5.27. The lowest BCUT2D eigenvalue weighted by Crippen LogP contribution is -2.39. The van der Waals surface area contributed by atoms with E-state index >= 15 is 0 Å². The van der Waals surface area contributed by atoms with Gasteiger partial charge in [0.05, 0.1) is 0 Å². The molecule has 0 radical (unpaired) electrons. The number of aryl methyl sites for hydroxylation is 3. The van der Waals surface area contributed by atoms with Gasteiger partial charge < -0.3 is 0 Å². The molecule has 7 heteroatoms. The van der Waals surface area contributed by atoms with E-state index in [4.69, 9.17) is 0 Å². The van der Waals surface area contributed by atoms with Crippen LogP contribution >= 0.6 is 0 Å². The molecule has 0 saturated carbocycles. The third-order valence-corrected chi connectivity index (χ3v) is 3.04. The molecule has 0 spiro atoms. The predicted molar refractivity (Wildman–Crippen MR) is 63.3 cm³/mol. The largest absolute Gasteiger partial charge is 0.332 e. The Bertz CT molecular complexity index is 772. The Morgan fingerprint density at radius 2 is 1.41 bits per heavy atom. The van der Waals surface area contributed by atoms with Crippen LogP contribution in [0.4, 0.5) is 0 Å². The maximum absolute atomic E-state index is 12.1. The Kier molecular flexibility index (Phi) is 2.34. The lowest BCUT2D eigenvalue weighted by molar-refractivity contribution is 0.631. The summed E-state index contributed by atoms with van der Waals surface area (Å²) in [5, 5.41) is 0. The van der Waals surface area contributed by atoms with Crippen LogP contribution in [0.15, 0.2) is 14.4 Å². The van der Waals surface area contributed by atoms with E-state index in [0.29, 0.717) is 5.65 Å². The summed E-state index contributed by atoms with van der Waals surface area (Å²) >= 11 is 0. The minimum Gasteiger partial charge on any atom is -0.289 e. The van der Waals surface area contributed by atoms with Crippen LogP contribution in [0.5, 0.6) is 0 Å². The number of imidazole rings is 1. The second-order valence-electron chi connectivity index (χ2n) is 3.96. The molecule has 17 heavy (non-hydrogen) atoms. The van der Waals surface area contributed by atoms with Gasteiger partial charge in [-0.3, -0.25) is 23.1 Å². The minimum atomic E-state index is -0.425. The van der Waals surface area contributed by atoms with Crippen molar-refractivity contribution in [3.63, 3.8) is 0 Å². The molecule has 0 aromatic carbocycles. The Hall–Kier alpha value is -2.05. The molecule has 2 aromatic heterocycles. The molecular weight excluding hydrogens is 224 g/mol. The van der Waals surface area contributed by atoms with E-state index in [1.807, 2.05) is 0 Å². The van der Waals surface area contributed by atoms with E-state index in [0.717, 1.165) is 4.57 Å². The summed E-state index contributed by atoms with van der Waals surface area (Å²) in [6, 6.07) is 0. The van der Waals surface area contributed by atoms with Crippen molar-refractivity contribution in [3.8, 4) is 0 Å². The number of hydrogen-bond acceptors (Lipinski definition) is 3. The van der Waals surface area contributed by atoms with Gasteiger partial charge >= 0.3 is 11.4 Å². The molecule has 0 amide bonds. The van der Waals surface area contributed by atoms with E-state index in [-0.39, 0.29) is 17.8 Å². The first kappa shape index (κ1) is 11.4. The van der Waals surface area contributed by atoms with Gasteiger partial charge in [0.25, 0.3) is 5.56 Å². The van der Waals surface area contributed by atoms with E-state index in [1.165, 1.54) is 20.7 Å². The van der Waals surface area contributed by atoms with Crippen molar-refractivity contribution >= 4 is 11.2 Å². The highest BCUT2D eigenvalue weighted by molar-refractivity contribution is 5.70. The summed E-state index contributed by atoms with van der Waals surface area (Å²) in [6.45, 7) is 2.00.